The number of carbonyl (C=O) groups excluding carboxylic acids is 1. The first-order chi connectivity index (χ1) is 4.66. The first-order valence-electron chi connectivity index (χ1n) is 3.55. The van der Waals surface area contributed by atoms with E-state index in [1.165, 1.54) is 0 Å². The van der Waals surface area contributed by atoms with Crippen LogP contribution in [0.25, 0.3) is 0 Å². The van der Waals surface area contributed by atoms with Crippen molar-refractivity contribution in [3.63, 3.8) is 0 Å². The highest BCUT2D eigenvalue weighted by atomic mass is 16.4. The molecular formula is C7H14NO2. The minimum absolute atomic E-state index is 0.0417. The molecule has 0 spiro atoms. The minimum atomic E-state index is -1.00. The Morgan fingerprint density at radius 1 is 1.50 bits per heavy atom. The molecule has 0 rings (SSSR count). The van der Waals surface area contributed by atoms with Crippen molar-refractivity contribution in [2.75, 3.05) is 20.1 Å². The smallest absolute Gasteiger partial charge is 0.296 e. The lowest BCUT2D eigenvalue weighted by Gasteiger charge is -2.11. The fourth-order valence-electron chi connectivity index (χ4n) is 0.727. The van der Waals surface area contributed by atoms with Crippen LogP contribution in [0.4, 0.5) is 0 Å². The van der Waals surface area contributed by atoms with Crippen molar-refractivity contribution in [1.82, 2.24) is 4.90 Å². The maximum absolute atomic E-state index is 10.0. The van der Waals surface area contributed by atoms with Gasteiger partial charge in [-0.1, -0.05) is 13.3 Å². The maximum Gasteiger partial charge on any atom is 0.369 e. The molecule has 0 heterocycles. The fraction of sp³-hybridized carbons (Fsp3) is 0.857. The van der Waals surface area contributed by atoms with E-state index in [1.54, 1.807) is 11.9 Å². The fourth-order valence-corrected chi connectivity index (χ4v) is 0.727. The zero-order valence-electron chi connectivity index (χ0n) is 6.59. The van der Waals surface area contributed by atoms with Gasteiger partial charge >= 0.3 is 5.97 Å². The molecule has 10 heavy (non-hydrogen) atoms. The second kappa shape index (κ2) is 5.23. The summed E-state index contributed by atoms with van der Waals surface area (Å²) in [5.41, 5.74) is 0. The Balaban J connectivity index is 3.25. The van der Waals surface area contributed by atoms with Gasteiger partial charge in [-0.25, -0.2) is 9.90 Å². The average Bonchev–Trinajstić information content (AvgIpc) is 1.82. The summed E-state index contributed by atoms with van der Waals surface area (Å²) in [4.78, 5) is 11.8. The predicted octanol–water partition coefficient (Wildman–Crippen LogP) is 0.675. The van der Waals surface area contributed by atoms with E-state index in [-0.39, 0.29) is 6.54 Å². The van der Waals surface area contributed by atoms with E-state index in [0.29, 0.717) is 0 Å². The van der Waals surface area contributed by atoms with Crippen LogP contribution in [0.1, 0.15) is 19.8 Å². The van der Waals surface area contributed by atoms with E-state index in [1.807, 2.05) is 0 Å². The van der Waals surface area contributed by atoms with Crippen molar-refractivity contribution in [2.24, 2.45) is 0 Å². The van der Waals surface area contributed by atoms with E-state index in [9.17, 15) is 9.90 Å². The third kappa shape index (κ3) is 5.56. The Hall–Kier alpha value is -0.570. The predicted molar refractivity (Wildman–Crippen MR) is 38.1 cm³/mol. The van der Waals surface area contributed by atoms with Gasteiger partial charge in [0, 0.05) is 0 Å². The second-order valence-electron chi connectivity index (χ2n) is 2.46. The first kappa shape index (κ1) is 9.43. The zero-order valence-corrected chi connectivity index (χ0v) is 6.59. The number of hydrogen-bond acceptors (Lipinski definition) is 2. The molecule has 0 aromatic rings. The quantitative estimate of drug-likeness (QED) is 0.569. The zero-order chi connectivity index (χ0) is 7.98. The van der Waals surface area contributed by atoms with Crippen molar-refractivity contribution in [3.8, 4) is 0 Å². The Bertz CT molecular complexity index is 104. The van der Waals surface area contributed by atoms with Gasteiger partial charge in [-0.3, -0.25) is 4.90 Å². The number of hydrogen-bond donors (Lipinski definition) is 0. The summed E-state index contributed by atoms with van der Waals surface area (Å²) < 4.78 is 0. The van der Waals surface area contributed by atoms with E-state index >= 15 is 0 Å². The molecule has 0 N–H and O–H groups in total. The van der Waals surface area contributed by atoms with Gasteiger partial charge in [0.25, 0.3) is 0 Å². The van der Waals surface area contributed by atoms with E-state index in [2.05, 4.69) is 6.92 Å². The number of carbonyl (C=O) groups is 1. The molecule has 0 amide bonds. The van der Waals surface area contributed by atoms with Gasteiger partial charge in [0.1, 0.15) is 6.54 Å². The SMILES string of the molecule is CCCCN(C)CC([O])=O. The summed E-state index contributed by atoms with van der Waals surface area (Å²) in [6, 6.07) is 0. The third-order valence-electron chi connectivity index (χ3n) is 1.29. The highest BCUT2D eigenvalue weighted by Crippen LogP contribution is 1.90. The molecule has 0 fully saturated rings. The summed E-state index contributed by atoms with van der Waals surface area (Å²) >= 11 is 0. The lowest BCUT2D eigenvalue weighted by atomic mass is 10.3. The van der Waals surface area contributed by atoms with Crippen molar-refractivity contribution in [2.45, 2.75) is 19.8 Å². The van der Waals surface area contributed by atoms with Gasteiger partial charge in [0.2, 0.25) is 0 Å². The van der Waals surface area contributed by atoms with Crippen LogP contribution in [-0.4, -0.2) is 31.0 Å². The van der Waals surface area contributed by atoms with Crippen LogP contribution < -0.4 is 0 Å². The van der Waals surface area contributed by atoms with Crippen LogP contribution in [0.5, 0.6) is 0 Å². The highest BCUT2D eigenvalue weighted by molar-refractivity contribution is 5.68. The van der Waals surface area contributed by atoms with Gasteiger partial charge in [-0.05, 0) is 20.0 Å². The topological polar surface area (TPSA) is 40.2 Å². The van der Waals surface area contributed by atoms with Crippen LogP contribution in [0, 0.1) is 0 Å². The number of rotatable bonds is 5. The lowest BCUT2D eigenvalue weighted by Crippen LogP contribution is -2.25. The largest absolute Gasteiger partial charge is 0.369 e. The molecule has 0 bridgehead atoms. The summed E-state index contributed by atoms with van der Waals surface area (Å²) in [5.74, 6) is -1.00. The molecule has 0 unspecified atom stereocenters. The van der Waals surface area contributed by atoms with Crippen LogP contribution >= 0.6 is 0 Å². The monoisotopic (exact) mass is 144 g/mol. The molecule has 0 aliphatic rings. The summed E-state index contributed by atoms with van der Waals surface area (Å²) in [7, 11) is 1.78. The third-order valence-corrected chi connectivity index (χ3v) is 1.29. The average molecular weight is 144 g/mol. The molecule has 0 aromatic carbocycles. The molecule has 0 aliphatic carbocycles. The molecule has 3 heteroatoms. The van der Waals surface area contributed by atoms with E-state index in [0.717, 1.165) is 19.4 Å². The molecule has 0 saturated carbocycles. The van der Waals surface area contributed by atoms with Gasteiger partial charge in [-0.2, -0.15) is 0 Å². The van der Waals surface area contributed by atoms with Crippen LogP contribution in [0.15, 0.2) is 0 Å². The maximum atomic E-state index is 10.0. The Kier molecular flexibility index (Phi) is 4.94. The molecule has 0 atom stereocenters. The Labute approximate surface area is 61.6 Å². The standard InChI is InChI=1S/C7H14NO2/c1-3-4-5-8(2)6-7(9)10/h3-6H2,1-2H3. The number of nitrogens with zero attached hydrogens (tertiary/aromatic N) is 1. The Morgan fingerprint density at radius 3 is 2.50 bits per heavy atom. The Morgan fingerprint density at radius 2 is 2.10 bits per heavy atom. The van der Waals surface area contributed by atoms with E-state index in [4.69, 9.17) is 0 Å². The number of likely N-dealkylation sites (N-methyl/N-ethyl adjacent to an activating group) is 1. The van der Waals surface area contributed by atoms with Crippen molar-refractivity contribution >= 4 is 5.97 Å². The molecular weight excluding hydrogens is 130 g/mol. The summed E-state index contributed by atoms with van der Waals surface area (Å²) in [5, 5.41) is 10.0. The van der Waals surface area contributed by atoms with Crippen LogP contribution in [-0.2, 0) is 9.90 Å². The highest BCUT2D eigenvalue weighted by Gasteiger charge is 2.03. The molecule has 0 aromatic heterocycles. The summed E-state index contributed by atoms with van der Waals surface area (Å²) in [6.07, 6.45) is 2.14. The van der Waals surface area contributed by atoms with Gasteiger partial charge in [0.15, 0.2) is 0 Å². The lowest BCUT2D eigenvalue weighted by molar-refractivity contribution is -0.144. The number of unbranched alkanes of at least 4 members (excludes halogenated alkanes) is 1. The molecule has 3 nitrogen and oxygen atoms in total. The molecule has 1 radical (unpaired) electrons. The van der Waals surface area contributed by atoms with Crippen LogP contribution in [0.2, 0.25) is 0 Å². The summed E-state index contributed by atoms with van der Waals surface area (Å²) in [6.45, 7) is 2.96. The van der Waals surface area contributed by atoms with Crippen LogP contribution in [0.3, 0.4) is 0 Å². The van der Waals surface area contributed by atoms with Crippen molar-refractivity contribution in [3.05, 3.63) is 0 Å². The van der Waals surface area contributed by atoms with Gasteiger partial charge in [-0.15, -0.1) is 0 Å². The molecule has 59 valence electrons. The minimum Gasteiger partial charge on any atom is -0.296 e. The van der Waals surface area contributed by atoms with Gasteiger partial charge < -0.3 is 0 Å². The molecule has 0 saturated heterocycles. The van der Waals surface area contributed by atoms with E-state index < -0.39 is 5.97 Å². The van der Waals surface area contributed by atoms with Gasteiger partial charge in [0.05, 0.1) is 0 Å². The molecule has 0 aliphatic heterocycles. The second-order valence-corrected chi connectivity index (χ2v) is 2.46. The first-order valence-corrected chi connectivity index (χ1v) is 3.55. The normalized spacial score (nSPS) is 10.3. The van der Waals surface area contributed by atoms with Crippen molar-refractivity contribution < 1.29 is 9.90 Å². The van der Waals surface area contributed by atoms with Crippen molar-refractivity contribution in [1.29, 1.82) is 0 Å².